The van der Waals surface area contributed by atoms with Gasteiger partial charge in [0.05, 0.1) is 13.0 Å². The van der Waals surface area contributed by atoms with E-state index >= 15 is 0 Å². The van der Waals surface area contributed by atoms with Crippen LogP contribution in [0.4, 0.5) is 0 Å². The lowest BCUT2D eigenvalue weighted by Crippen LogP contribution is -2.46. The second-order valence-corrected chi connectivity index (χ2v) is 5.76. The fourth-order valence-electron chi connectivity index (χ4n) is 2.83. The molecule has 1 amide bonds. The first-order chi connectivity index (χ1) is 10.1. The summed E-state index contributed by atoms with van der Waals surface area (Å²) in [7, 11) is 4.03. The van der Waals surface area contributed by atoms with E-state index in [1.807, 2.05) is 18.9 Å². The van der Waals surface area contributed by atoms with Gasteiger partial charge in [0.15, 0.2) is 0 Å². The molecular weight excluding hydrogens is 264 g/mol. The Morgan fingerprint density at radius 2 is 2.10 bits per heavy atom. The molecule has 0 fully saturated rings. The van der Waals surface area contributed by atoms with Crippen molar-refractivity contribution >= 4 is 5.91 Å². The average Bonchev–Trinajstić information content (AvgIpc) is 2.48. The Morgan fingerprint density at radius 3 is 2.81 bits per heavy atom. The second-order valence-electron chi connectivity index (χ2n) is 5.76. The molecule has 1 aromatic rings. The van der Waals surface area contributed by atoms with Crippen LogP contribution in [0, 0.1) is 0 Å². The molecule has 0 radical (unpaired) electrons. The maximum Gasteiger partial charge on any atom is 0.224 e. The molecule has 4 heteroatoms. The van der Waals surface area contributed by atoms with Crippen LogP contribution in [-0.2, 0) is 22.5 Å². The fourth-order valence-corrected chi connectivity index (χ4v) is 2.83. The highest BCUT2D eigenvalue weighted by molar-refractivity contribution is 5.76. The van der Waals surface area contributed by atoms with E-state index in [1.54, 1.807) is 0 Å². The van der Waals surface area contributed by atoms with Gasteiger partial charge in [-0.25, -0.2) is 0 Å². The Morgan fingerprint density at radius 1 is 1.38 bits per heavy atom. The van der Waals surface area contributed by atoms with Crippen molar-refractivity contribution in [1.29, 1.82) is 0 Å². The first-order valence-electron chi connectivity index (χ1n) is 7.70. The van der Waals surface area contributed by atoms with Crippen LogP contribution < -0.4 is 0 Å². The van der Waals surface area contributed by atoms with Crippen molar-refractivity contribution in [3.05, 3.63) is 35.4 Å². The van der Waals surface area contributed by atoms with Gasteiger partial charge in [0.1, 0.15) is 0 Å². The van der Waals surface area contributed by atoms with E-state index < -0.39 is 0 Å². The van der Waals surface area contributed by atoms with E-state index in [0.29, 0.717) is 25.7 Å². The van der Waals surface area contributed by atoms with Gasteiger partial charge in [0, 0.05) is 32.8 Å². The quantitative estimate of drug-likeness (QED) is 0.751. The average molecular weight is 290 g/mol. The summed E-state index contributed by atoms with van der Waals surface area (Å²) in [4.78, 5) is 16.3. The van der Waals surface area contributed by atoms with Crippen LogP contribution >= 0.6 is 0 Å². The molecule has 0 aliphatic carbocycles. The van der Waals surface area contributed by atoms with Crippen molar-refractivity contribution in [2.75, 3.05) is 33.9 Å². The Bertz CT molecular complexity index is 476. The molecule has 2 rings (SSSR count). The summed E-state index contributed by atoms with van der Waals surface area (Å²) in [6, 6.07) is 8.97. The van der Waals surface area contributed by atoms with Crippen LogP contribution in [0.25, 0.3) is 0 Å². The predicted molar refractivity (Wildman–Crippen MR) is 84.1 cm³/mol. The minimum absolute atomic E-state index is 0.163. The molecule has 1 aliphatic heterocycles. The number of hydrogen-bond acceptors (Lipinski definition) is 3. The third-order valence-corrected chi connectivity index (χ3v) is 4.19. The highest BCUT2D eigenvalue weighted by Gasteiger charge is 2.25. The van der Waals surface area contributed by atoms with Gasteiger partial charge in [-0.3, -0.25) is 9.69 Å². The molecule has 0 saturated heterocycles. The molecule has 1 heterocycles. The molecule has 0 aromatic heterocycles. The number of likely N-dealkylation sites (N-methyl/N-ethyl adjacent to an activating group) is 2. The summed E-state index contributed by atoms with van der Waals surface area (Å²) in [5.41, 5.74) is 2.82. The lowest BCUT2D eigenvalue weighted by molar-refractivity contribution is -0.131. The number of fused-ring (bicyclic) bond motifs is 1. The molecule has 0 spiro atoms. The smallest absolute Gasteiger partial charge is 0.224 e. The van der Waals surface area contributed by atoms with Crippen LogP contribution in [-0.4, -0.2) is 55.6 Å². The van der Waals surface area contributed by atoms with Gasteiger partial charge in [-0.2, -0.15) is 0 Å². The molecule has 21 heavy (non-hydrogen) atoms. The van der Waals surface area contributed by atoms with Gasteiger partial charge in [-0.05, 0) is 31.5 Å². The third kappa shape index (κ3) is 4.29. The SMILES string of the molecule is CCOCCC(=O)N(C)C[C@@H]1Cc2ccccc2CN1C. The lowest BCUT2D eigenvalue weighted by atomic mass is 9.94. The number of benzene rings is 1. The van der Waals surface area contributed by atoms with Crippen LogP contribution in [0.1, 0.15) is 24.5 Å². The lowest BCUT2D eigenvalue weighted by Gasteiger charge is -2.36. The van der Waals surface area contributed by atoms with Crippen LogP contribution in [0.2, 0.25) is 0 Å². The van der Waals surface area contributed by atoms with Gasteiger partial charge in [-0.15, -0.1) is 0 Å². The molecular formula is C17H26N2O2. The summed E-state index contributed by atoms with van der Waals surface area (Å²) in [5.74, 6) is 0.163. The second kappa shape index (κ2) is 7.57. The van der Waals surface area contributed by atoms with E-state index in [0.717, 1.165) is 19.5 Å². The standard InChI is InChI=1S/C17H26N2O2/c1-4-21-10-9-17(20)19(3)13-16-11-14-7-5-6-8-15(14)12-18(16)2/h5-8,16H,4,9-13H2,1-3H3/t16-/m0/s1. The molecule has 0 saturated carbocycles. The summed E-state index contributed by atoms with van der Waals surface area (Å²) in [6.07, 6.45) is 1.48. The van der Waals surface area contributed by atoms with Crippen LogP contribution in [0.15, 0.2) is 24.3 Å². The van der Waals surface area contributed by atoms with E-state index in [-0.39, 0.29) is 5.91 Å². The summed E-state index contributed by atoms with van der Waals surface area (Å²) < 4.78 is 5.25. The van der Waals surface area contributed by atoms with Gasteiger partial charge in [0.2, 0.25) is 5.91 Å². The third-order valence-electron chi connectivity index (χ3n) is 4.19. The predicted octanol–water partition coefficient (Wildman–Crippen LogP) is 1.93. The highest BCUT2D eigenvalue weighted by atomic mass is 16.5. The minimum atomic E-state index is 0.163. The Balaban J connectivity index is 1.89. The molecule has 116 valence electrons. The molecule has 1 aromatic carbocycles. The number of carbonyl (C=O) groups is 1. The number of amides is 1. The van der Waals surface area contributed by atoms with Gasteiger partial charge >= 0.3 is 0 Å². The molecule has 0 N–H and O–H groups in total. The molecule has 1 aliphatic rings. The van der Waals surface area contributed by atoms with Gasteiger partial charge in [0.25, 0.3) is 0 Å². The maximum atomic E-state index is 12.1. The number of ether oxygens (including phenoxy) is 1. The van der Waals surface area contributed by atoms with Crippen LogP contribution in [0.5, 0.6) is 0 Å². The monoisotopic (exact) mass is 290 g/mol. The van der Waals surface area contributed by atoms with Crippen molar-refractivity contribution < 1.29 is 9.53 Å². The molecule has 0 unspecified atom stereocenters. The molecule has 1 atom stereocenters. The first-order valence-corrected chi connectivity index (χ1v) is 7.70. The Labute approximate surface area is 127 Å². The normalized spacial score (nSPS) is 18.3. The zero-order chi connectivity index (χ0) is 15.2. The Kier molecular flexibility index (Phi) is 5.76. The van der Waals surface area contributed by atoms with Crippen molar-refractivity contribution in [1.82, 2.24) is 9.80 Å². The van der Waals surface area contributed by atoms with E-state index in [9.17, 15) is 4.79 Å². The number of nitrogens with zero attached hydrogens (tertiary/aromatic N) is 2. The number of rotatable bonds is 6. The minimum Gasteiger partial charge on any atom is -0.381 e. The van der Waals surface area contributed by atoms with Gasteiger partial charge in [-0.1, -0.05) is 24.3 Å². The van der Waals surface area contributed by atoms with Crippen molar-refractivity contribution in [3.8, 4) is 0 Å². The highest BCUT2D eigenvalue weighted by Crippen LogP contribution is 2.22. The fraction of sp³-hybridized carbons (Fsp3) is 0.588. The zero-order valence-corrected chi connectivity index (χ0v) is 13.3. The summed E-state index contributed by atoms with van der Waals surface area (Å²) in [6.45, 7) is 4.86. The zero-order valence-electron chi connectivity index (χ0n) is 13.3. The van der Waals surface area contributed by atoms with Gasteiger partial charge < -0.3 is 9.64 Å². The number of carbonyl (C=O) groups excluding carboxylic acids is 1. The summed E-state index contributed by atoms with van der Waals surface area (Å²) >= 11 is 0. The molecule has 4 nitrogen and oxygen atoms in total. The topological polar surface area (TPSA) is 32.8 Å². The molecule has 0 bridgehead atoms. The van der Waals surface area contributed by atoms with E-state index in [1.165, 1.54) is 11.1 Å². The van der Waals surface area contributed by atoms with E-state index in [2.05, 4.69) is 36.2 Å². The summed E-state index contributed by atoms with van der Waals surface area (Å²) in [5, 5.41) is 0. The van der Waals surface area contributed by atoms with Crippen molar-refractivity contribution in [2.45, 2.75) is 32.4 Å². The maximum absolute atomic E-state index is 12.1. The van der Waals surface area contributed by atoms with Crippen LogP contribution in [0.3, 0.4) is 0 Å². The first kappa shape index (κ1) is 16.0. The van der Waals surface area contributed by atoms with E-state index in [4.69, 9.17) is 4.74 Å². The van der Waals surface area contributed by atoms with Crippen molar-refractivity contribution in [3.63, 3.8) is 0 Å². The largest absolute Gasteiger partial charge is 0.381 e. The van der Waals surface area contributed by atoms with Crippen molar-refractivity contribution in [2.24, 2.45) is 0 Å². The number of hydrogen-bond donors (Lipinski definition) is 0. The Hall–Kier alpha value is -1.39.